The zero-order valence-electron chi connectivity index (χ0n) is 26.3. The maximum Gasteiger partial charge on any atom is 0.251 e. The van der Waals surface area contributed by atoms with Gasteiger partial charge in [0.2, 0.25) is 0 Å². The summed E-state index contributed by atoms with van der Waals surface area (Å²) >= 11 is 6.63. The van der Waals surface area contributed by atoms with Gasteiger partial charge in [-0.3, -0.25) is 9.69 Å². The number of sulfone groups is 1. The smallest absolute Gasteiger partial charge is 0.251 e. The van der Waals surface area contributed by atoms with Crippen molar-refractivity contribution < 1.29 is 17.9 Å². The molecule has 1 saturated heterocycles. The number of hydrogen-bond donors (Lipinski definition) is 3. The lowest BCUT2D eigenvalue weighted by atomic mass is 10.1. The number of rotatable bonds is 8. The van der Waals surface area contributed by atoms with Gasteiger partial charge in [0.25, 0.3) is 5.91 Å². The van der Waals surface area contributed by atoms with Crippen LogP contribution in [0.5, 0.6) is 11.5 Å². The lowest BCUT2D eigenvalue weighted by molar-refractivity contribution is 0.0919. The Hall–Kier alpha value is -3.09. The van der Waals surface area contributed by atoms with Gasteiger partial charge < -0.3 is 20.7 Å². The predicted octanol–water partition coefficient (Wildman–Crippen LogP) is 6.75. The zero-order valence-corrected chi connectivity index (χ0v) is 29.5. The van der Waals surface area contributed by atoms with Gasteiger partial charge in [0, 0.05) is 36.1 Å². The first-order chi connectivity index (χ1) is 20.8. The van der Waals surface area contributed by atoms with Gasteiger partial charge in [0.15, 0.2) is 0 Å². The molecule has 3 aromatic rings. The first-order valence-electron chi connectivity index (χ1n) is 14.7. The molecule has 0 spiro atoms. The second-order valence-electron chi connectivity index (χ2n) is 12.4. The molecule has 2 aliphatic rings. The number of aromatic nitrogens is 2. The topological polar surface area (TPSA) is 126 Å². The maximum absolute atomic E-state index is 12.6. The van der Waals surface area contributed by atoms with Crippen LogP contribution in [-0.2, 0) is 9.84 Å². The van der Waals surface area contributed by atoms with Gasteiger partial charge >= 0.3 is 0 Å². The van der Waals surface area contributed by atoms with Crippen LogP contribution < -0.4 is 20.7 Å². The lowest BCUT2D eigenvalue weighted by Gasteiger charge is -2.31. The Morgan fingerprint density at radius 3 is 2.52 bits per heavy atom. The Labute approximate surface area is 288 Å². The van der Waals surface area contributed by atoms with E-state index in [9.17, 15) is 13.2 Å². The molecule has 2 aromatic carbocycles. The number of hydrogen-bond acceptors (Lipinski definition) is 9. The molecular weight excluding hydrogens is 671 g/mol. The summed E-state index contributed by atoms with van der Waals surface area (Å²) in [6.07, 6.45) is 7.15. The number of benzene rings is 2. The van der Waals surface area contributed by atoms with Crippen molar-refractivity contribution in [2.75, 3.05) is 43.1 Å². The van der Waals surface area contributed by atoms with Crippen LogP contribution in [0.4, 0.5) is 17.3 Å². The van der Waals surface area contributed by atoms with Gasteiger partial charge in [0.1, 0.15) is 39.3 Å². The normalized spacial score (nSPS) is 15.5. The highest BCUT2D eigenvalue weighted by molar-refractivity contribution is 7.91. The molecule has 1 aromatic heterocycles. The number of ether oxygens (including phenoxy) is 1. The Bertz CT molecular complexity index is 1670. The van der Waals surface area contributed by atoms with E-state index in [0.29, 0.717) is 40.7 Å². The fourth-order valence-electron chi connectivity index (χ4n) is 5.34. The van der Waals surface area contributed by atoms with E-state index in [1.807, 2.05) is 26.8 Å². The Balaban J connectivity index is 0.00000288. The number of piperidine rings is 1. The van der Waals surface area contributed by atoms with E-state index in [2.05, 4.69) is 36.9 Å². The Morgan fingerprint density at radius 1 is 1.11 bits per heavy atom. The summed E-state index contributed by atoms with van der Waals surface area (Å²) < 4.78 is 30.0. The quantitative estimate of drug-likeness (QED) is 0.233. The van der Waals surface area contributed by atoms with Gasteiger partial charge in [0.05, 0.1) is 15.8 Å². The molecule has 0 aliphatic carbocycles. The average Bonchev–Trinajstić information content (AvgIpc) is 3.16. The third-order valence-electron chi connectivity index (χ3n) is 7.54. The maximum atomic E-state index is 12.6. The molecular formula is C32H41Cl3N6O4S. The zero-order chi connectivity index (χ0) is 31.5. The van der Waals surface area contributed by atoms with E-state index in [0.717, 1.165) is 49.7 Å². The molecule has 3 heterocycles. The minimum absolute atomic E-state index is 0. The highest BCUT2D eigenvalue weighted by Crippen LogP contribution is 2.35. The Morgan fingerprint density at radius 2 is 1.85 bits per heavy atom. The van der Waals surface area contributed by atoms with Crippen LogP contribution in [0, 0.1) is 0 Å². The largest absolute Gasteiger partial charge is 0.456 e. The van der Waals surface area contributed by atoms with E-state index in [4.69, 9.17) is 16.3 Å². The number of likely N-dealkylation sites (tertiary alicyclic amines) is 1. The minimum atomic E-state index is -3.00. The summed E-state index contributed by atoms with van der Waals surface area (Å²) in [5.41, 5.74) is 2.95. The fraction of sp³-hybridized carbons (Fsp3) is 0.406. The number of carbonyl (C=O) groups excluding carboxylic acids is 1. The average molecular weight is 712 g/mol. The number of amides is 1. The van der Waals surface area contributed by atoms with Crippen LogP contribution in [0.2, 0.25) is 5.02 Å². The minimum Gasteiger partial charge on any atom is -0.456 e. The van der Waals surface area contributed by atoms with Crippen molar-refractivity contribution in [3.63, 3.8) is 0 Å². The van der Waals surface area contributed by atoms with Crippen LogP contribution in [0.25, 0.3) is 6.08 Å². The summed E-state index contributed by atoms with van der Waals surface area (Å²) in [5.74, 6) is 2.16. The van der Waals surface area contributed by atoms with Crippen molar-refractivity contribution >= 4 is 75.6 Å². The van der Waals surface area contributed by atoms with E-state index < -0.39 is 9.84 Å². The predicted molar refractivity (Wildman–Crippen MR) is 190 cm³/mol. The number of nitrogens with zero attached hydrogens (tertiary/aromatic N) is 3. The molecule has 250 valence electrons. The van der Waals surface area contributed by atoms with Gasteiger partial charge in [-0.1, -0.05) is 23.2 Å². The van der Waals surface area contributed by atoms with Crippen molar-refractivity contribution in [2.45, 2.75) is 50.8 Å². The van der Waals surface area contributed by atoms with Gasteiger partial charge in [-0.15, -0.1) is 24.8 Å². The summed E-state index contributed by atoms with van der Waals surface area (Å²) in [6.45, 7) is 8.81. The van der Waals surface area contributed by atoms with Crippen LogP contribution in [0.1, 0.15) is 56.0 Å². The van der Waals surface area contributed by atoms with Crippen LogP contribution in [0.3, 0.4) is 0 Å². The number of carbonyl (C=O) groups is 1. The molecule has 46 heavy (non-hydrogen) atoms. The summed E-state index contributed by atoms with van der Waals surface area (Å²) in [7, 11) is -3.00. The summed E-state index contributed by atoms with van der Waals surface area (Å²) in [6, 6.07) is 12.4. The fourth-order valence-corrected chi connectivity index (χ4v) is 6.62. The van der Waals surface area contributed by atoms with Gasteiger partial charge in [-0.25, -0.2) is 18.4 Å². The molecule has 3 N–H and O–H groups in total. The Kier molecular flexibility index (Phi) is 12.7. The van der Waals surface area contributed by atoms with Gasteiger partial charge in [-0.2, -0.15) is 0 Å². The van der Waals surface area contributed by atoms with E-state index in [1.54, 1.807) is 36.4 Å². The summed E-state index contributed by atoms with van der Waals surface area (Å²) in [5, 5.41) is 9.88. The number of fused-ring (bicyclic) bond motifs is 1. The highest BCUT2D eigenvalue weighted by Gasteiger charge is 2.27. The highest BCUT2D eigenvalue weighted by atomic mass is 35.5. The second-order valence-corrected chi connectivity index (χ2v) is 15.1. The van der Waals surface area contributed by atoms with E-state index in [1.165, 1.54) is 18.2 Å². The van der Waals surface area contributed by atoms with Crippen LogP contribution in [0.15, 0.2) is 54.4 Å². The summed E-state index contributed by atoms with van der Waals surface area (Å²) in [4.78, 5) is 23.9. The number of nitrogens with one attached hydrogen (secondary N) is 3. The molecule has 0 atom stereocenters. The van der Waals surface area contributed by atoms with Crippen LogP contribution >= 0.6 is 36.4 Å². The van der Waals surface area contributed by atoms with Gasteiger partial charge in [-0.05, 0) is 95.6 Å². The molecule has 0 saturated carbocycles. The van der Waals surface area contributed by atoms with E-state index >= 15 is 0 Å². The molecule has 0 unspecified atom stereocenters. The second kappa shape index (κ2) is 15.7. The third kappa shape index (κ3) is 9.95. The molecule has 1 amide bonds. The molecule has 10 nitrogen and oxygen atoms in total. The van der Waals surface area contributed by atoms with Crippen molar-refractivity contribution in [3.8, 4) is 11.5 Å². The molecule has 0 bridgehead atoms. The molecule has 2 aliphatic heterocycles. The van der Waals surface area contributed by atoms with Crippen molar-refractivity contribution in [3.05, 3.63) is 70.5 Å². The molecule has 1 fully saturated rings. The van der Waals surface area contributed by atoms with Crippen molar-refractivity contribution in [2.24, 2.45) is 0 Å². The molecule has 5 rings (SSSR count). The third-order valence-corrected chi connectivity index (χ3v) is 9.52. The van der Waals surface area contributed by atoms with E-state index in [-0.39, 0.29) is 41.5 Å². The monoisotopic (exact) mass is 710 g/mol. The standard InChI is InChI=1S/C32H39ClN6O4S.2ClH/c1-32(2,3)38-31(40)22-6-5-7-24(17-22)43-28-9-8-23(18-27(28)33)37-30-26-16-21(10-13-34-29(26)35-20-36-30)19-39-14-11-25(12-15-39)44(4,41)42;;/h5-9,16-18,20,25H,10-15,19H2,1-4H3,(H,38,40)(H2,34,35,36,37);2*1H. The number of halogens is 3. The SMILES string of the molecule is CC(C)(C)NC(=O)c1cccc(Oc2ccc(Nc3ncnc4c3C=C(CN3CCC(S(C)(=O)=O)CC3)CCN4)cc2Cl)c1.Cl.Cl. The molecule has 0 radical (unpaired) electrons. The first-order valence-corrected chi connectivity index (χ1v) is 17.0. The number of anilines is 3. The molecule has 14 heteroatoms. The lowest BCUT2D eigenvalue weighted by Crippen LogP contribution is -2.40. The first kappa shape index (κ1) is 37.4. The van der Waals surface area contributed by atoms with Crippen molar-refractivity contribution in [1.82, 2.24) is 20.2 Å². The van der Waals surface area contributed by atoms with Crippen LogP contribution in [-0.4, -0.2) is 72.4 Å². The van der Waals surface area contributed by atoms with Crippen molar-refractivity contribution in [1.29, 1.82) is 0 Å².